The van der Waals surface area contributed by atoms with Crippen molar-refractivity contribution >= 4 is 10.0 Å². The van der Waals surface area contributed by atoms with Crippen LogP contribution < -0.4 is 0 Å². The Balaban J connectivity index is 2.34. The average Bonchev–Trinajstić information content (AvgIpc) is 2.40. The van der Waals surface area contributed by atoms with E-state index in [2.05, 4.69) is 4.98 Å². The van der Waals surface area contributed by atoms with E-state index in [0.717, 1.165) is 0 Å². The van der Waals surface area contributed by atoms with Gasteiger partial charge >= 0.3 is 0 Å². The van der Waals surface area contributed by atoms with Crippen LogP contribution in [0.3, 0.4) is 0 Å². The van der Waals surface area contributed by atoms with Crippen LogP contribution in [0.4, 0.5) is 0 Å². The Kier molecular flexibility index (Phi) is 3.38. The lowest BCUT2D eigenvalue weighted by atomic mass is 10.3. The molecule has 1 aromatic heterocycles. The standard InChI is InChI=1S/C10H11N3O3S/c11-8-9-1-2-12-10(7-9)17(14,15)13-3-5-16-6-4-13/h1-2,7H,3-6H2. The lowest BCUT2D eigenvalue weighted by Gasteiger charge is -2.25. The van der Waals surface area contributed by atoms with Gasteiger partial charge in [0.2, 0.25) is 0 Å². The first-order valence-corrected chi connectivity index (χ1v) is 6.52. The van der Waals surface area contributed by atoms with Gasteiger partial charge in [-0.3, -0.25) is 0 Å². The quantitative estimate of drug-likeness (QED) is 0.739. The van der Waals surface area contributed by atoms with Crippen molar-refractivity contribution in [1.29, 1.82) is 5.26 Å². The second-order valence-corrected chi connectivity index (χ2v) is 5.40. The molecule has 2 rings (SSSR count). The molecule has 0 saturated carbocycles. The third-order valence-electron chi connectivity index (χ3n) is 2.44. The number of hydrogen-bond donors (Lipinski definition) is 0. The van der Waals surface area contributed by atoms with Gasteiger partial charge in [-0.15, -0.1) is 0 Å². The minimum atomic E-state index is -3.60. The Hall–Kier alpha value is -1.49. The van der Waals surface area contributed by atoms with Crippen molar-refractivity contribution in [1.82, 2.24) is 9.29 Å². The third kappa shape index (κ3) is 2.44. The topological polar surface area (TPSA) is 83.3 Å². The summed E-state index contributed by atoms with van der Waals surface area (Å²) in [4.78, 5) is 3.81. The van der Waals surface area contributed by atoms with Gasteiger partial charge in [-0.25, -0.2) is 13.4 Å². The number of nitrogens with zero attached hydrogens (tertiary/aromatic N) is 3. The van der Waals surface area contributed by atoms with E-state index < -0.39 is 10.0 Å². The number of nitriles is 1. The van der Waals surface area contributed by atoms with Crippen molar-refractivity contribution in [2.75, 3.05) is 26.3 Å². The second kappa shape index (κ2) is 4.79. The Bertz CT molecular complexity index is 544. The highest BCUT2D eigenvalue weighted by Gasteiger charge is 2.27. The Labute approximate surface area is 99.5 Å². The minimum absolute atomic E-state index is 0.0848. The molecule has 0 atom stereocenters. The molecule has 6 nitrogen and oxygen atoms in total. The summed E-state index contributed by atoms with van der Waals surface area (Å²) in [6, 6.07) is 4.65. The van der Waals surface area contributed by atoms with E-state index in [-0.39, 0.29) is 10.6 Å². The number of rotatable bonds is 2. The van der Waals surface area contributed by atoms with E-state index in [1.165, 1.54) is 22.6 Å². The summed E-state index contributed by atoms with van der Waals surface area (Å²) in [7, 11) is -3.60. The van der Waals surface area contributed by atoms with Gasteiger partial charge in [0.25, 0.3) is 10.0 Å². The van der Waals surface area contributed by atoms with Crippen LogP contribution in [0.1, 0.15) is 5.56 Å². The molecular weight excluding hydrogens is 242 g/mol. The Morgan fingerprint density at radius 3 is 2.76 bits per heavy atom. The fourth-order valence-electron chi connectivity index (χ4n) is 1.54. The highest BCUT2D eigenvalue weighted by atomic mass is 32.2. The third-order valence-corrected chi connectivity index (χ3v) is 4.24. The molecule has 0 bridgehead atoms. The zero-order chi connectivity index (χ0) is 12.3. The van der Waals surface area contributed by atoms with Crippen LogP contribution in [-0.4, -0.2) is 44.0 Å². The van der Waals surface area contributed by atoms with Crippen molar-refractivity contribution < 1.29 is 13.2 Å². The summed E-state index contributed by atoms with van der Waals surface area (Å²) in [5.41, 5.74) is 0.284. The van der Waals surface area contributed by atoms with Gasteiger partial charge in [0.1, 0.15) is 0 Å². The van der Waals surface area contributed by atoms with Gasteiger partial charge in [-0.1, -0.05) is 0 Å². The molecular formula is C10H11N3O3S. The first kappa shape index (κ1) is 12.0. The number of aromatic nitrogens is 1. The number of morpholine rings is 1. The molecule has 0 amide bonds. The first-order valence-electron chi connectivity index (χ1n) is 5.08. The molecule has 1 fully saturated rings. The molecule has 0 unspecified atom stereocenters. The smallest absolute Gasteiger partial charge is 0.260 e. The summed E-state index contributed by atoms with van der Waals surface area (Å²) in [5, 5.41) is 8.65. The van der Waals surface area contributed by atoms with Crippen LogP contribution in [0.5, 0.6) is 0 Å². The summed E-state index contributed by atoms with van der Waals surface area (Å²) < 4.78 is 30.7. The van der Waals surface area contributed by atoms with E-state index >= 15 is 0 Å². The molecule has 0 radical (unpaired) electrons. The fraction of sp³-hybridized carbons (Fsp3) is 0.400. The Morgan fingerprint density at radius 1 is 1.41 bits per heavy atom. The molecule has 17 heavy (non-hydrogen) atoms. The zero-order valence-corrected chi connectivity index (χ0v) is 9.85. The van der Waals surface area contributed by atoms with Crippen molar-refractivity contribution in [3.05, 3.63) is 23.9 Å². The molecule has 1 aliphatic heterocycles. The Morgan fingerprint density at radius 2 is 2.12 bits per heavy atom. The highest BCUT2D eigenvalue weighted by Crippen LogP contribution is 2.15. The van der Waals surface area contributed by atoms with Gasteiger partial charge in [0.15, 0.2) is 5.03 Å². The van der Waals surface area contributed by atoms with Crippen molar-refractivity contribution in [3.63, 3.8) is 0 Å². The molecule has 2 heterocycles. The molecule has 0 aliphatic carbocycles. The summed E-state index contributed by atoms with van der Waals surface area (Å²) in [5.74, 6) is 0. The number of ether oxygens (including phenoxy) is 1. The van der Waals surface area contributed by atoms with E-state index in [4.69, 9.17) is 10.00 Å². The predicted octanol–water partition coefficient (Wildman–Crippen LogP) is -0.0258. The van der Waals surface area contributed by atoms with Gasteiger partial charge in [0, 0.05) is 19.3 Å². The average molecular weight is 253 g/mol. The van der Waals surface area contributed by atoms with Gasteiger partial charge in [0.05, 0.1) is 24.8 Å². The maximum absolute atomic E-state index is 12.2. The summed E-state index contributed by atoms with van der Waals surface area (Å²) in [6.07, 6.45) is 1.33. The molecule has 0 spiro atoms. The van der Waals surface area contributed by atoms with Crippen LogP contribution in [0.25, 0.3) is 0 Å². The number of pyridine rings is 1. The summed E-state index contributed by atoms with van der Waals surface area (Å²) in [6.45, 7) is 1.41. The van der Waals surface area contributed by atoms with Crippen molar-refractivity contribution in [3.8, 4) is 6.07 Å². The lowest BCUT2D eigenvalue weighted by molar-refractivity contribution is 0.0729. The lowest BCUT2D eigenvalue weighted by Crippen LogP contribution is -2.40. The monoisotopic (exact) mass is 253 g/mol. The van der Waals surface area contributed by atoms with E-state index in [0.29, 0.717) is 26.3 Å². The normalized spacial score (nSPS) is 17.6. The van der Waals surface area contributed by atoms with Gasteiger partial charge in [-0.05, 0) is 12.1 Å². The van der Waals surface area contributed by atoms with E-state index in [9.17, 15) is 8.42 Å². The van der Waals surface area contributed by atoms with Crippen LogP contribution in [0.2, 0.25) is 0 Å². The van der Waals surface area contributed by atoms with Gasteiger partial charge < -0.3 is 4.74 Å². The maximum atomic E-state index is 12.2. The SMILES string of the molecule is N#Cc1ccnc(S(=O)(=O)N2CCOCC2)c1. The van der Waals surface area contributed by atoms with Crippen LogP contribution in [0, 0.1) is 11.3 Å². The molecule has 1 aliphatic rings. The minimum Gasteiger partial charge on any atom is -0.379 e. The highest BCUT2D eigenvalue weighted by molar-refractivity contribution is 7.89. The number of hydrogen-bond acceptors (Lipinski definition) is 5. The van der Waals surface area contributed by atoms with Crippen LogP contribution >= 0.6 is 0 Å². The van der Waals surface area contributed by atoms with Crippen LogP contribution in [0.15, 0.2) is 23.4 Å². The molecule has 7 heteroatoms. The first-order chi connectivity index (χ1) is 8.14. The van der Waals surface area contributed by atoms with E-state index in [1.807, 2.05) is 6.07 Å². The molecule has 1 aromatic rings. The molecule has 1 saturated heterocycles. The largest absolute Gasteiger partial charge is 0.379 e. The fourth-order valence-corrected chi connectivity index (χ4v) is 2.90. The van der Waals surface area contributed by atoms with E-state index in [1.54, 1.807) is 0 Å². The number of sulfonamides is 1. The molecule has 0 N–H and O–H groups in total. The van der Waals surface area contributed by atoms with Crippen molar-refractivity contribution in [2.45, 2.75) is 5.03 Å². The zero-order valence-electron chi connectivity index (χ0n) is 9.04. The second-order valence-electron chi connectivity index (χ2n) is 3.51. The van der Waals surface area contributed by atoms with Crippen LogP contribution in [-0.2, 0) is 14.8 Å². The predicted molar refractivity (Wildman–Crippen MR) is 58.5 cm³/mol. The molecule has 90 valence electrons. The summed E-state index contributed by atoms with van der Waals surface area (Å²) >= 11 is 0. The molecule has 0 aromatic carbocycles. The van der Waals surface area contributed by atoms with Crippen molar-refractivity contribution in [2.24, 2.45) is 0 Å². The van der Waals surface area contributed by atoms with Gasteiger partial charge in [-0.2, -0.15) is 9.57 Å². The maximum Gasteiger partial charge on any atom is 0.260 e.